The fraction of sp³-hybridized carbons (Fsp3) is 0.400. The van der Waals surface area contributed by atoms with Crippen molar-refractivity contribution < 1.29 is 9.53 Å². The molecule has 1 fully saturated rings. The van der Waals surface area contributed by atoms with Crippen LogP contribution in [0.2, 0.25) is 5.02 Å². The predicted octanol–water partition coefficient (Wildman–Crippen LogP) is 5.71. The molecule has 0 bridgehead atoms. The highest BCUT2D eigenvalue weighted by Crippen LogP contribution is 2.33. The number of nitrogens with one attached hydrogen (secondary N) is 1. The molecule has 2 aromatic rings. The minimum atomic E-state index is -0.493. The van der Waals surface area contributed by atoms with Crippen LogP contribution in [0.25, 0.3) is 0 Å². The van der Waals surface area contributed by atoms with Gasteiger partial charge in [0, 0.05) is 17.3 Å². The van der Waals surface area contributed by atoms with Crippen LogP contribution in [0.4, 0.5) is 5.69 Å². The van der Waals surface area contributed by atoms with Crippen LogP contribution in [0.3, 0.4) is 0 Å². The van der Waals surface area contributed by atoms with Gasteiger partial charge in [0.05, 0.1) is 6.04 Å². The number of benzene rings is 2. The van der Waals surface area contributed by atoms with Gasteiger partial charge in [-0.2, -0.15) is 0 Å². The molecular formula is C25H30Cl2N2O2. The normalized spacial score (nSPS) is 20.5. The maximum absolute atomic E-state index is 13.0. The number of hydrogen-bond acceptors (Lipinski definition) is 3. The van der Waals surface area contributed by atoms with Crippen LogP contribution >= 0.6 is 24.0 Å². The first-order valence-electron chi connectivity index (χ1n) is 10.8. The van der Waals surface area contributed by atoms with Crippen molar-refractivity contribution in [2.24, 2.45) is 0 Å². The average Bonchev–Trinajstić information content (AvgIpc) is 2.77. The Labute approximate surface area is 196 Å². The number of carbonyl (C=O) groups excluding carboxylic acids is 1. The third-order valence-electron chi connectivity index (χ3n) is 5.98. The van der Waals surface area contributed by atoms with Gasteiger partial charge in [-0.1, -0.05) is 41.4 Å². The number of ether oxygens (including phenoxy) is 1. The second-order valence-corrected chi connectivity index (χ2v) is 8.55. The lowest BCUT2D eigenvalue weighted by molar-refractivity contribution is -0.134. The molecule has 1 aliphatic heterocycles. The molecule has 2 atom stereocenters. The molecule has 0 aromatic heterocycles. The zero-order valence-corrected chi connectivity index (χ0v) is 19.4. The molecule has 1 aliphatic carbocycles. The van der Waals surface area contributed by atoms with Crippen molar-refractivity contribution >= 4 is 35.6 Å². The molecule has 1 heterocycles. The van der Waals surface area contributed by atoms with Gasteiger partial charge >= 0.3 is 0 Å². The smallest absolute Gasteiger partial charge is 0.270 e. The molecule has 2 unspecified atom stereocenters. The summed E-state index contributed by atoms with van der Waals surface area (Å²) in [6.45, 7) is 3.66. The number of nitrogens with zero attached hydrogens (tertiary/aromatic N) is 1. The van der Waals surface area contributed by atoms with Crippen molar-refractivity contribution in [2.45, 2.75) is 51.2 Å². The Hall–Kier alpha value is -2.01. The zero-order valence-electron chi connectivity index (χ0n) is 17.9. The van der Waals surface area contributed by atoms with Gasteiger partial charge in [0.1, 0.15) is 5.75 Å². The van der Waals surface area contributed by atoms with E-state index in [0.717, 1.165) is 24.2 Å². The number of allylic oxidation sites excluding steroid dienone is 1. The Morgan fingerprint density at radius 2 is 1.90 bits per heavy atom. The second kappa shape index (κ2) is 11.0. The minimum Gasteiger partial charge on any atom is -0.478 e. The number of hydrogen-bond donors (Lipinski definition) is 1. The molecule has 31 heavy (non-hydrogen) atoms. The van der Waals surface area contributed by atoms with Crippen molar-refractivity contribution in [1.82, 2.24) is 5.32 Å². The molecule has 2 aliphatic rings. The summed E-state index contributed by atoms with van der Waals surface area (Å²) in [6.07, 6.45) is 8.04. The minimum absolute atomic E-state index is 0. The molecular weight excluding hydrogens is 431 g/mol. The third kappa shape index (κ3) is 5.62. The summed E-state index contributed by atoms with van der Waals surface area (Å²) in [7, 11) is 0. The number of anilines is 1. The summed E-state index contributed by atoms with van der Waals surface area (Å²) in [5.74, 6) is 0.667. The first-order valence-corrected chi connectivity index (χ1v) is 11.2. The van der Waals surface area contributed by atoms with Gasteiger partial charge in [-0.15, -0.1) is 12.4 Å². The number of β-lactam (4-membered cyclic amide) rings is 1. The van der Waals surface area contributed by atoms with E-state index in [1.165, 1.54) is 25.7 Å². The van der Waals surface area contributed by atoms with E-state index in [2.05, 4.69) is 11.4 Å². The molecule has 6 heteroatoms. The highest BCUT2D eigenvalue weighted by atomic mass is 35.5. The lowest BCUT2D eigenvalue weighted by atomic mass is 9.94. The molecule has 0 saturated carbocycles. The van der Waals surface area contributed by atoms with Gasteiger partial charge < -0.3 is 15.0 Å². The topological polar surface area (TPSA) is 41.6 Å². The Morgan fingerprint density at radius 1 is 1.13 bits per heavy atom. The van der Waals surface area contributed by atoms with Gasteiger partial charge in [-0.3, -0.25) is 4.79 Å². The van der Waals surface area contributed by atoms with Gasteiger partial charge in [0.15, 0.2) is 6.10 Å². The number of rotatable bonds is 8. The van der Waals surface area contributed by atoms with Crippen LogP contribution in [0.1, 0.15) is 37.7 Å². The van der Waals surface area contributed by atoms with Gasteiger partial charge in [0.2, 0.25) is 0 Å². The summed E-state index contributed by atoms with van der Waals surface area (Å²) in [5, 5.41) is 4.22. The van der Waals surface area contributed by atoms with Crippen molar-refractivity contribution in [3.8, 4) is 5.75 Å². The number of amides is 1. The summed E-state index contributed by atoms with van der Waals surface area (Å²) in [4.78, 5) is 14.9. The van der Waals surface area contributed by atoms with Gasteiger partial charge in [-0.25, -0.2) is 0 Å². The van der Waals surface area contributed by atoms with Crippen LogP contribution in [-0.2, 0) is 4.79 Å². The Kier molecular flexibility index (Phi) is 8.42. The molecule has 1 saturated heterocycles. The van der Waals surface area contributed by atoms with E-state index in [1.807, 2.05) is 48.2 Å². The molecule has 0 spiro atoms. The zero-order chi connectivity index (χ0) is 20.9. The summed E-state index contributed by atoms with van der Waals surface area (Å²) in [5.41, 5.74) is 3.61. The van der Waals surface area contributed by atoms with Crippen LogP contribution in [-0.4, -0.2) is 31.1 Å². The van der Waals surface area contributed by atoms with Crippen molar-refractivity contribution in [3.05, 3.63) is 70.8 Å². The van der Waals surface area contributed by atoms with E-state index in [4.69, 9.17) is 16.3 Å². The van der Waals surface area contributed by atoms with E-state index in [9.17, 15) is 4.79 Å². The van der Waals surface area contributed by atoms with Crippen LogP contribution < -0.4 is 15.0 Å². The first-order chi connectivity index (χ1) is 14.6. The summed E-state index contributed by atoms with van der Waals surface area (Å²) < 4.78 is 6.07. The largest absolute Gasteiger partial charge is 0.478 e. The highest BCUT2D eigenvalue weighted by molar-refractivity contribution is 6.30. The number of para-hydroxylation sites is 1. The second-order valence-electron chi connectivity index (χ2n) is 8.12. The van der Waals surface area contributed by atoms with Crippen LogP contribution in [0, 0.1) is 6.92 Å². The fourth-order valence-electron chi connectivity index (χ4n) is 4.27. The number of carbonyl (C=O) groups is 1. The predicted molar refractivity (Wildman–Crippen MR) is 130 cm³/mol. The molecule has 1 amide bonds. The monoisotopic (exact) mass is 460 g/mol. The fourth-order valence-corrected chi connectivity index (χ4v) is 4.39. The standard InChI is InChI=1S/C25H29ClN2O2.ClH/c1-18-7-5-6-10-22(18)28-23(17-27-16-15-19-8-3-2-4-9-19)24(25(28)29)30-21-13-11-20(26)12-14-21;/h5-8,10-14,23-24,27H,2-4,9,15-17H2,1H3;1H. The number of aryl methyl sites for hydroxylation is 1. The van der Waals surface area contributed by atoms with E-state index < -0.39 is 6.10 Å². The van der Waals surface area contributed by atoms with E-state index in [-0.39, 0.29) is 24.4 Å². The molecule has 0 radical (unpaired) electrons. The van der Waals surface area contributed by atoms with E-state index >= 15 is 0 Å². The van der Waals surface area contributed by atoms with Crippen molar-refractivity contribution in [3.63, 3.8) is 0 Å². The Bertz CT molecular complexity index is 914. The number of halogens is 2. The quantitative estimate of drug-likeness (QED) is 0.311. The van der Waals surface area contributed by atoms with Crippen LogP contribution in [0.15, 0.2) is 60.2 Å². The molecule has 166 valence electrons. The SMILES string of the molecule is Cc1ccccc1N1C(=O)C(Oc2ccc(Cl)cc2)C1CNCCC1=CCCCC1.Cl. The Morgan fingerprint density at radius 3 is 2.61 bits per heavy atom. The van der Waals surface area contributed by atoms with Crippen molar-refractivity contribution in [1.29, 1.82) is 0 Å². The molecule has 4 rings (SSSR count). The van der Waals surface area contributed by atoms with Crippen molar-refractivity contribution in [2.75, 3.05) is 18.0 Å². The third-order valence-corrected chi connectivity index (χ3v) is 6.23. The molecule has 1 N–H and O–H groups in total. The maximum Gasteiger partial charge on any atom is 0.270 e. The van der Waals surface area contributed by atoms with Crippen LogP contribution in [0.5, 0.6) is 5.75 Å². The first kappa shape index (κ1) is 23.6. The average molecular weight is 461 g/mol. The van der Waals surface area contributed by atoms with E-state index in [0.29, 0.717) is 17.3 Å². The van der Waals surface area contributed by atoms with Gasteiger partial charge in [-0.05, 0) is 81.5 Å². The summed E-state index contributed by atoms with van der Waals surface area (Å²) >= 11 is 5.98. The molecule has 4 nitrogen and oxygen atoms in total. The lowest BCUT2D eigenvalue weighted by Gasteiger charge is -2.47. The summed E-state index contributed by atoms with van der Waals surface area (Å²) in [6, 6.07) is 15.2. The van der Waals surface area contributed by atoms with Gasteiger partial charge in [0.25, 0.3) is 5.91 Å². The van der Waals surface area contributed by atoms with E-state index in [1.54, 1.807) is 17.7 Å². The highest BCUT2D eigenvalue weighted by Gasteiger charge is 2.50. The Balaban J connectivity index is 0.00000272. The maximum atomic E-state index is 13.0. The lowest BCUT2D eigenvalue weighted by Crippen LogP contribution is -2.70. The molecule has 2 aromatic carbocycles.